The average molecular weight is 266 g/mol. The molecule has 1 aromatic rings. The van der Waals surface area contributed by atoms with Crippen LogP contribution in [0.5, 0.6) is 0 Å². The summed E-state index contributed by atoms with van der Waals surface area (Å²) in [4.78, 5) is 14.2. The first-order chi connectivity index (χ1) is 8.84. The fraction of sp³-hybridized carbons (Fsp3) is 0.750. The van der Waals surface area contributed by atoms with Gasteiger partial charge in [-0.1, -0.05) is 0 Å². The maximum absolute atomic E-state index is 12.2. The van der Waals surface area contributed by atoms with Gasteiger partial charge in [0.1, 0.15) is 0 Å². The molecule has 0 aromatic carbocycles. The summed E-state index contributed by atoms with van der Waals surface area (Å²) >= 11 is 1.10. The first-order valence-corrected chi connectivity index (χ1v) is 7.38. The third-order valence-electron chi connectivity index (χ3n) is 3.99. The van der Waals surface area contributed by atoms with E-state index < -0.39 is 0 Å². The zero-order valence-electron chi connectivity index (χ0n) is 10.3. The van der Waals surface area contributed by atoms with E-state index in [1.165, 1.54) is 19.3 Å². The Morgan fingerprint density at radius 3 is 3.11 bits per heavy atom. The van der Waals surface area contributed by atoms with Crippen LogP contribution in [0.3, 0.4) is 0 Å². The average Bonchev–Trinajstić information content (AvgIpc) is 3.11. The molecule has 2 saturated heterocycles. The van der Waals surface area contributed by atoms with Crippen molar-refractivity contribution >= 4 is 17.6 Å². The molecule has 0 spiro atoms. The lowest BCUT2D eigenvalue weighted by atomic mass is 9.89. The molecule has 2 unspecified atom stereocenters. The van der Waals surface area contributed by atoms with E-state index in [1.807, 2.05) is 4.90 Å². The van der Waals surface area contributed by atoms with Crippen LogP contribution in [0.25, 0.3) is 0 Å². The maximum atomic E-state index is 12.2. The molecule has 3 heterocycles. The van der Waals surface area contributed by atoms with Crippen LogP contribution >= 0.6 is 11.7 Å². The molecule has 6 heteroatoms. The van der Waals surface area contributed by atoms with Crippen molar-refractivity contribution in [3.8, 4) is 0 Å². The quantitative estimate of drug-likeness (QED) is 0.872. The lowest BCUT2D eigenvalue weighted by Crippen LogP contribution is -2.45. The van der Waals surface area contributed by atoms with E-state index in [1.54, 1.807) is 6.20 Å². The van der Waals surface area contributed by atoms with E-state index in [0.717, 1.165) is 37.8 Å². The molecule has 3 rings (SSSR count). The van der Waals surface area contributed by atoms with Crippen LogP contribution in [0.4, 0.5) is 0 Å². The number of carbonyl (C=O) groups is 1. The van der Waals surface area contributed by atoms with Crippen LogP contribution in [0.2, 0.25) is 0 Å². The van der Waals surface area contributed by atoms with E-state index in [0.29, 0.717) is 17.7 Å². The summed E-state index contributed by atoms with van der Waals surface area (Å²) in [6, 6.07) is 0.606. The van der Waals surface area contributed by atoms with E-state index in [9.17, 15) is 4.79 Å². The van der Waals surface area contributed by atoms with Gasteiger partial charge in [0.05, 0.1) is 17.9 Å². The molecule has 2 aliphatic heterocycles. The predicted molar refractivity (Wildman–Crippen MR) is 69.6 cm³/mol. The number of hydrogen-bond donors (Lipinski definition) is 1. The maximum Gasteiger partial charge on any atom is 0.275 e. The van der Waals surface area contributed by atoms with E-state index in [-0.39, 0.29) is 5.91 Å². The van der Waals surface area contributed by atoms with Crippen molar-refractivity contribution in [2.45, 2.75) is 31.7 Å². The molecular weight excluding hydrogens is 248 g/mol. The number of carbonyl (C=O) groups excluding carboxylic acids is 1. The van der Waals surface area contributed by atoms with E-state index >= 15 is 0 Å². The summed E-state index contributed by atoms with van der Waals surface area (Å²) in [6.07, 6.45) is 6.43. The van der Waals surface area contributed by atoms with Gasteiger partial charge in [0.2, 0.25) is 0 Å². The zero-order chi connectivity index (χ0) is 12.4. The lowest BCUT2D eigenvalue weighted by molar-refractivity contribution is 0.0646. The predicted octanol–water partition coefficient (Wildman–Crippen LogP) is 1.14. The minimum Gasteiger partial charge on any atom is -0.337 e. The minimum absolute atomic E-state index is 0.0476. The molecule has 2 fully saturated rings. The van der Waals surface area contributed by atoms with Gasteiger partial charge in [-0.15, -0.1) is 0 Å². The van der Waals surface area contributed by atoms with Gasteiger partial charge < -0.3 is 10.2 Å². The molecule has 0 saturated carbocycles. The van der Waals surface area contributed by atoms with Crippen molar-refractivity contribution in [3.05, 3.63) is 11.9 Å². The first-order valence-electron chi connectivity index (χ1n) is 6.65. The van der Waals surface area contributed by atoms with Crippen molar-refractivity contribution in [1.29, 1.82) is 0 Å². The standard InChI is InChI=1S/C12H18N4OS/c17-12(11-7-14-18-15-11)16-6-2-3-9(8-16)10-4-1-5-13-10/h7,9-10,13H,1-6,8H2. The third-order valence-corrected chi connectivity index (χ3v) is 4.47. The second kappa shape index (κ2) is 5.32. The molecular formula is C12H18N4OS. The lowest BCUT2D eigenvalue weighted by Gasteiger charge is -2.35. The summed E-state index contributed by atoms with van der Waals surface area (Å²) in [7, 11) is 0. The van der Waals surface area contributed by atoms with Crippen molar-refractivity contribution in [1.82, 2.24) is 19.0 Å². The van der Waals surface area contributed by atoms with Crippen molar-refractivity contribution in [2.75, 3.05) is 19.6 Å². The molecule has 0 radical (unpaired) electrons. The number of nitrogens with zero attached hydrogens (tertiary/aromatic N) is 3. The fourth-order valence-corrected chi connectivity index (χ4v) is 3.46. The highest BCUT2D eigenvalue weighted by molar-refractivity contribution is 6.99. The smallest absolute Gasteiger partial charge is 0.275 e. The monoisotopic (exact) mass is 266 g/mol. The summed E-state index contributed by atoms with van der Waals surface area (Å²) < 4.78 is 7.94. The number of nitrogens with one attached hydrogen (secondary N) is 1. The second-order valence-corrected chi connectivity index (χ2v) is 5.71. The van der Waals surface area contributed by atoms with Crippen LogP contribution in [0, 0.1) is 5.92 Å². The Hall–Kier alpha value is -1.01. The van der Waals surface area contributed by atoms with Crippen LogP contribution in [0.1, 0.15) is 36.2 Å². The molecule has 0 bridgehead atoms. The van der Waals surface area contributed by atoms with Gasteiger partial charge >= 0.3 is 0 Å². The highest BCUT2D eigenvalue weighted by Gasteiger charge is 2.31. The number of piperidine rings is 1. The van der Waals surface area contributed by atoms with Gasteiger partial charge in [0.15, 0.2) is 5.69 Å². The number of hydrogen-bond acceptors (Lipinski definition) is 5. The SMILES string of the molecule is O=C(c1cnsn1)N1CCCC(C2CCCN2)C1. The fourth-order valence-electron chi connectivity index (χ4n) is 3.06. The molecule has 1 aromatic heterocycles. The molecule has 2 atom stereocenters. The van der Waals surface area contributed by atoms with Gasteiger partial charge in [0.25, 0.3) is 5.91 Å². The molecule has 5 nitrogen and oxygen atoms in total. The Balaban J connectivity index is 1.64. The van der Waals surface area contributed by atoms with Gasteiger partial charge in [-0.2, -0.15) is 8.75 Å². The molecule has 1 amide bonds. The molecule has 1 N–H and O–H groups in total. The van der Waals surface area contributed by atoms with Gasteiger partial charge in [-0.25, -0.2) is 0 Å². The van der Waals surface area contributed by atoms with Gasteiger partial charge in [-0.05, 0) is 38.1 Å². The summed E-state index contributed by atoms with van der Waals surface area (Å²) in [5.41, 5.74) is 0.500. The minimum atomic E-state index is 0.0476. The Kier molecular flexibility index (Phi) is 3.56. The number of rotatable bonds is 2. The van der Waals surface area contributed by atoms with Gasteiger partial charge in [-0.3, -0.25) is 4.79 Å². The highest BCUT2D eigenvalue weighted by Crippen LogP contribution is 2.25. The Morgan fingerprint density at radius 1 is 1.44 bits per heavy atom. The summed E-state index contributed by atoms with van der Waals surface area (Å²) in [5, 5.41) is 3.56. The Bertz CT molecular complexity index is 402. The van der Waals surface area contributed by atoms with Crippen molar-refractivity contribution < 1.29 is 4.79 Å². The van der Waals surface area contributed by atoms with E-state index in [2.05, 4.69) is 14.1 Å². The van der Waals surface area contributed by atoms with Crippen molar-refractivity contribution in [2.24, 2.45) is 5.92 Å². The molecule has 98 valence electrons. The normalized spacial score (nSPS) is 28.6. The number of amides is 1. The molecule has 2 aliphatic rings. The number of likely N-dealkylation sites (tertiary alicyclic amines) is 1. The first kappa shape index (κ1) is 12.0. The number of aromatic nitrogens is 2. The molecule has 0 aliphatic carbocycles. The molecule has 18 heavy (non-hydrogen) atoms. The zero-order valence-corrected chi connectivity index (χ0v) is 11.2. The Morgan fingerprint density at radius 2 is 2.39 bits per heavy atom. The third kappa shape index (κ3) is 2.40. The van der Waals surface area contributed by atoms with Crippen LogP contribution in [-0.2, 0) is 0 Å². The van der Waals surface area contributed by atoms with Crippen LogP contribution in [0.15, 0.2) is 6.20 Å². The summed E-state index contributed by atoms with van der Waals surface area (Å²) in [5.74, 6) is 0.656. The highest BCUT2D eigenvalue weighted by atomic mass is 32.1. The van der Waals surface area contributed by atoms with Gasteiger partial charge in [0, 0.05) is 19.1 Å². The van der Waals surface area contributed by atoms with Crippen LogP contribution < -0.4 is 5.32 Å². The summed E-state index contributed by atoms with van der Waals surface area (Å²) in [6.45, 7) is 2.86. The van der Waals surface area contributed by atoms with E-state index in [4.69, 9.17) is 0 Å². The van der Waals surface area contributed by atoms with Crippen molar-refractivity contribution in [3.63, 3.8) is 0 Å². The topological polar surface area (TPSA) is 58.1 Å². The second-order valence-electron chi connectivity index (χ2n) is 5.15. The van der Waals surface area contributed by atoms with Crippen LogP contribution in [-0.4, -0.2) is 45.2 Å². The Labute approximate surface area is 111 Å². The largest absolute Gasteiger partial charge is 0.337 e.